The van der Waals surface area contributed by atoms with E-state index >= 15 is 0 Å². The fraction of sp³-hybridized carbons (Fsp3) is 0.400. The third-order valence-electron chi connectivity index (χ3n) is 4.66. The second-order valence-corrected chi connectivity index (χ2v) is 9.30. The maximum absolute atomic E-state index is 11.5. The summed E-state index contributed by atoms with van der Waals surface area (Å²) in [5, 5.41) is 27.8. The minimum atomic E-state index is -3.90. The first kappa shape index (κ1) is 27.8. The van der Waals surface area contributed by atoms with Crippen molar-refractivity contribution in [2.75, 3.05) is 59.5 Å². The van der Waals surface area contributed by atoms with Gasteiger partial charge in [-0.15, -0.1) is 0 Å². The molecule has 0 saturated carbocycles. The Morgan fingerprint density at radius 1 is 0.892 bits per heavy atom. The van der Waals surface area contributed by atoms with Gasteiger partial charge in [0.2, 0.25) is 23.8 Å². The van der Waals surface area contributed by atoms with E-state index in [0.29, 0.717) is 29.0 Å². The summed E-state index contributed by atoms with van der Waals surface area (Å²) >= 11 is 0. The van der Waals surface area contributed by atoms with Crippen LogP contribution in [0.15, 0.2) is 24.3 Å². The van der Waals surface area contributed by atoms with Crippen LogP contribution in [-0.4, -0.2) is 87.1 Å². The lowest BCUT2D eigenvalue weighted by atomic mass is 10.3. The number of hydrogen-bond donors (Lipinski definition) is 6. The number of nitrogens with two attached hydrogens (primary N) is 1. The van der Waals surface area contributed by atoms with Crippen molar-refractivity contribution < 1.29 is 22.9 Å². The van der Waals surface area contributed by atoms with Crippen LogP contribution in [-0.2, 0) is 14.4 Å². The molecule has 3 aromatic rings. The molecule has 2 heterocycles. The number of aliphatic hydroxyl groups is 2. The number of aliphatic hydroxyl groups excluding tert-OH is 2. The molecule has 0 saturated heterocycles. The molecule has 200 valence electrons. The molecule has 7 N–H and O–H groups in total. The van der Waals surface area contributed by atoms with Crippen LogP contribution in [0.2, 0.25) is 0 Å². The molecule has 2 aromatic heterocycles. The monoisotopic (exact) mass is 535 g/mol. The lowest BCUT2D eigenvalue weighted by Gasteiger charge is -2.21. The Balaban J connectivity index is 1.85. The fourth-order valence-corrected chi connectivity index (χ4v) is 3.58. The Bertz CT molecular complexity index is 1270. The van der Waals surface area contributed by atoms with E-state index in [-0.39, 0.29) is 50.7 Å². The molecule has 0 amide bonds. The summed E-state index contributed by atoms with van der Waals surface area (Å²) < 4.78 is 27.0. The van der Waals surface area contributed by atoms with Gasteiger partial charge in [0.05, 0.1) is 19.0 Å². The van der Waals surface area contributed by atoms with E-state index in [1.165, 1.54) is 0 Å². The lowest BCUT2D eigenvalue weighted by molar-refractivity contribution is 0.280. The van der Waals surface area contributed by atoms with Gasteiger partial charge in [-0.25, -0.2) is 4.98 Å². The first-order valence-corrected chi connectivity index (χ1v) is 12.7. The molecule has 0 aliphatic rings. The number of nitrogens with one attached hydrogen (secondary N) is 3. The quantitative estimate of drug-likeness (QED) is 0.144. The van der Waals surface area contributed by atoms with E-state index in [1.807, 2.05) is 6.07 Å². The summed E-state index contributed by atoms with van der Waals surface area (Å²) in [6, 6.07) is 7.20. The molecule has 1 aromatic carbocycles. The minimum Gasteiger partial charge on any atom is -0.395 e. The highest BCUT2D eigenvalue weighted by atomic mass is 32.2. The standard InChI is InChI=1S/C20H29N11O5S/c1-13-23-14(2)25-18(24-13)26-15-4-3-5-16(12-15)27-19-28-17(22-6-11-37(34,35)36-21)29-20(30-19)31(7-9-32)8-10-33/h3-5,12,32-33H,6-11,21H2,1-2H3,(H,23,24,25,26)(H2,22,27,28,29,30). The highest BCUT2D eigenvalue weighted by Gasteiger charge is 2.15. The molecule has 0 atom stereocenters. The van der Waals surface area contributed by atoms with Crippen molar-refractivity contribution in [1.29, 1.82) is 0 Å². The highest BCUT2D eigenvalue weighted by molar-refractivity contribution is 7.86. The molecular weight excluding hydrogens is 506 g/mol. The van der Waals surface area contributed by atoms with Gasteiger partial charge in [0.15, 0.2) is 0 Å². The molecule has 0 aliphatic heterocycles. The zero-order chi connectivity index (χ0) is 26.8. The zero-order valence-electron chi connectivity index (χ0n) is 20.3. The number of anilines is 6. The molecule has 0 radical (unpaired) electrons. The number of aryl methyl sites for hydroxylation is 2. The van der Waals surface area contributed by atoms with Crippen molar-refractivity contribution in [2.24, 2.45) is 5.90 Å². The van der Waals surface area contributed by atoms with Gasteiger partial charge in [-0.3, -0.25) is 0 Å². The molecule has 0 aliphatic carbocycles. The summed E-state index contributed by atoms with van der Waals surface area (Å²) in [4.78, 5) is 27.2. The van der Waals surface area contributed by atoms with E-state index < -0.39 is 15.9 Å². The van der Waals surface area contributed by atoms with E-state index in [2.05, 4.69) is 50.1 Å². The SMILES string of the molecule is Cc1nc(C)nc(Nc2cccc(Nc3nc(NCCS(=O)(=O)ON)nc(N(CCO)CCO)n3)c2)n1. The van der Waals surface area contributed by atoms with Crippen LogP contribution in [0.25, 0.3) is 0 Å². The molecule has 16 nitrogen and oxygen atoms in total. The second kappa shape index (κ2) is 13.0. The van der Waals surface area contributed by atoms with Crippen LogP contribution < -0.4 is 26.7 Å². The molecular formula is C20H29N11O5S. The zero-order valence-corrected chi connectivity index (χ0v) is 21.1. The third-order valence-corrected chi connectivity index (χ3v) is 5.66. The van der Waals surface area contributed by atoms with Crippen LogP contribution in [0.4, 0.5) is 35.2 Å². The number of hydrogen-bond acceptors (Lipinski definition) is 16. The van der Waals surface area contributed by atoms with Crippen LogP contribution in [0.3, 0.4) is 0 Å². The number of benzene rings is 1. The van der Waals surface area contributed by atoms with Crippen molar-refractivity contribution in [2.45, 2.75) is 13.8 Å². The molecule has 17 heteroatoms. The average molecular weight is 536 g/mol. The predicted octanol–water partition coefficient (Wildman–Crippen LogP) is -0.416. The Kier molecular flexibility index (Phi) is 9.75. The minimum absolute atomic E-state index is 0.0611. The Hall–Kier alpha value is -3.77. The topological polar surface area (TPSA) is 227 Å². The summed E-state index contributed by atoms with van der Waals surface area (Å²) in [6.45, 7) is 3.37. The van der Waals surface area contributed by atoms with E-state index in [1.54, 1.807) is 36.9 Å². The van der Waals surface area contributed by atoms with Crippen LogP contribution >= 0.6 is 0 Å². The van der Waals surface area contributed by atoms with Crippen molar-refractivity contribution in [3.63, 3.8) is 0 Å². The highest BCUT2D eigenvalue weighted by Crippen LogP contribution is 2.22. The lowest BCUT2D eigenvalue weighted by Crippen LogP contribution is -2.32. The smallest absolute Gasteiger partial charge is 0.284 e. The largest absolute Gasteiger partial charge is 0.395 e. The molecule has 0 unspecified atom stereocenters. The van der Waals surface area contributed by atoms with Gasteiger partial charge in [0.1, 0.15) is 11.6 Å². The van der Waals surface area contributed by atoms with Crippen LogP contribution in [0.5, 0.6) is 0 Å². The number of aromatic nitrogens is 6. The molecule has 0 spiro atoms. The van der Waals surface area contributed by atoms with Crippen LogP contribution in [0.1, 0.15) is 11.6 Å². The van der Waals surface area contributed by atoms with Crippen molar-refractivity contribution in [3.8, 4) is 0 Å². The van der Waals surface area contributed by atoms with Crippen molar-refractivity contribution >= 4 is 45.3 Å². The number of rotatable bonds is 14. The van der Waals surface area contributed by atoms with Crippen LogP contribution in [0, 0.1) is 13.8 Å². The Morgan fingerprint density at radius 3 is 2.03 bits per heavy atom. The van der Waals surface area contributed by atoms with Gasteiger partial charge in [0, 0.05) is 31.0 Å². The van der Waals surface area contributed by atoms with E-state index in [0.717, 1.165) is 0 Å². The first-order valence-electron chi connectivity index (χ1n) is 11.1. The van der Waals surface area contributed by atoms with Gasteiger partial charge >= 0.3 is 0 Å². The summed E-state index contributed by atoms with van der Waals surface area (Å²) in [6.07, 6.45) is 0. The molecule has 0 fully saturated rings. The number of nitrogens with zero attached hydrogens (tertiary/aromatic N) is 7. The van der Waals surface area contributed by atoms with E-state index in [4.69, 9.17) is 5.90 Å². The van der Waals surface area contributed by atoms with Crippen molar-refractivity contribution in [1.82, 2.24) is 29.9 Å². The molecule has 0 bridgehead atoms. The summed E-state index contributed by atoms with van der Waals surface area (Å²) in [5.74, 6) is 6.27. The van der Waals surface area contributed by atoms with Gasteiger partial charge in [-0.05, 0) is 32.0 Å². The molecule has 3 rings (SSSR count). The first-order chi connectivity index (χ1) is 17.7. The maximum Gasteiger partial charge on any atom is 0.284 e. The maximum atomic E-state index is 11.5. The molecule has 37 heavy (non-hydrogen) atoms. The van der Waals surface area contributed by atoms with E-state index in [9.17, 15) is 18.6 Å². The Morgan fingerprint density at radius 2 is 1.46 bits per heavy atom. The van der Waals surface area contributed by atoms with Gasteiger partial charge < -0.3 is 31.1 Å². The Labute approximate surface area is 213 Å². The van der Waals surface area contributed by atoms with Gasteiger partial charge in [-0.1, -0.05) is 6.07 Å². The normalized spacial score (nSPS) is 11.3. The van der Waals surface area contributed by atoms with Crippen molar-refractivity contribution in [3.05, 3.63) is 35.9 Å². The fourth-order valence-electron chi connectivity index (χ4n) is 3.13. The summed E-state index contributed by atoms with van der Waals surface area (Å²) in [5.41, 5.74) is 1.31. The van der Waals surface area contributed by atoms with Gasteiger partial charge in [0.25, 0.3) is 10.1 Å². The van der Waals surface area contributed by atoms with Gasteiger partial charge in [-0.2, -0.15) is 43.5 Å². The average Bonchev–Trinajstić information content (AvgIpc) is 2.83. The summed E-state index contributed by atoms with van der Waals surface area (Å²) in [7, 11) is -3.90. The third kappa shape index (κ3) is 8.69. The predicted molar refractivity (Wildman–Crippen MR) is 136 cm³/mol. The second-order valence-electron chi connectivity index (χ2n) is 7.59.